The number of hydrogen-bond donors (Lipinski definition) is 1. The molecule has 1 N–H and O–H groups in total. The molecule has 0 saturated carbocycles. The highest BCUT2D eigenvalue weighted by Crippen LogP contribution is 2.25. The molecule has 0 spiro atoms. The SMILES string of the molecule is O=S(=O)(CF)OC1NCCc2ccccc21. The van der Waals surface area contributed by atoms with Crippen molar-refractivity contribution in [2.75, 3.05) is 12.6 Å². The number of fused-ring (bicyclic) bond motifs is 1. The zero-order valence-electron chi connectivity index (χ0n) is 8.52. The number of alkyl halides is 1. The first-order valence-corrected chi connectivity index (χ1v) is 6.48. The Bertz CT molecular complexity index is 475. The Hall–Kier alpha value is -0.980. The Morgan fingerprint density at radius 2 is 2.19 bits per heavy atom. The van der Waals surface area contributed by atoms with E-state index in [0.29, 0.717) is 6.54 Å². The van der Waals surface area contributed by atoms with Crippen LogP contribution in [0.3, 0.4) is 0 Å². The van der Waals surface area contributed by atoms with E-state index >= 15 is 0 Å². The van der Waals surface area contributed by atoms with Crippen LogP contribution in [0.2, 0.25) is 0 Å². The van der Waals surface area contributed by atoms with Crippen molar-refractivity contribution in [1.82, 2.24) is 5.32 Å². The molecule has 1 aliphatic rings. The van der Waals surface area contributed by atoms with Gasteiger partial charge in [-0.05, 0) is 17.5 Å². The molecule has 0 amide bonds. The number of hydrogen-bond acceptors (Lipinski definition) is 4. The number of benzene rings is 1. The van der Waals surface area contributed by atoms with Gasteiger partial charge in [-0.2, -0.15) is 8.42 Å². The van der Waals surface area contributed by atoms with Gasteiger partial charge in [0.15, 0.2) is 6.23 Å². The van der Waals surface area contributed by atoms with Crippen molar-refractivity contribution in [2.24, 2.45) is 0 Å². The molecule has 0 saturated heterocycles. The molecular formula is C10H12FNO3S. The molecule has 0 aliphatic carbocycles. The van der Waals surface area contributed by atoms with E-state index in [-0.39, 0.29) is 0 Å². The van der Waals surface area contributed by atoms with Gasteiger partial charge in [0, 0.05) is 6.54 Å². The van der Waals surface area contributed by atoms with Gasteiger partial charge in [-0.25, -0.2) is 8.57 Å². The monoisotopic (exact) mass is 245 g/mol. The Kier molecular flexibility index (Phi) is 3.22. The summed E-state index contributed by atoms with van der Waals surface area (Å²) in [6, 6.07) is 5.86. The van der Waals surface area contributed by atoms with Crippen molar-refractivity contribution in [3.8, 4) is 0 Å². The van der Waals surface area contributed by atoms with Crippen molar-refractivity contribution in [2.45, 2.75) is 12.6 Å². The Balaban J connectivity index is 2.26. The van der Waals surface area contributed by atoms with Crippen molar-refractivity contribution >= 4 is 10.1 Å². The zero-order valence-corrected chi connectivity index (χ0v) is 9.34. The lowest BCUT2D eigenvalue weighted by Gasteiger charge is -2.25. The highest BCUT2D eigenvalue weighted by atomic mass is 32.2. The van der Waals surface area contributed by atoms with E-state index < -0.39 is 22.4 Å². The van der Waals surface area contributed by atoms with Crippen LogP contribution in [0.15, 0.2) is 24.3 Å². The average molecular weight is 245 g/mol. The molecule has 0 bridgehead atoms. The topological polar surface area (TPSA) is 55.4 Å². The van der Waals surface area contributed by atoms with Gasteiger partial charge in [0.05, 0.1) is 0 Å². The molecule has 0 fully saturated rings. The molecule has 16 heavy (non-hydrogen) atoms. The maximum absolute atomic E-state index is 12.2. The van der Waals surface area contributed by atoms with Crippen LogP contribution < -0.4 is 5.32 Å². The van der Waals surface area contributed by atoms with Crippen LogP contribution in [-0.2, 0) is 20.7 Å². The minimum atomic E-state index is -4.09. The lowest BCUT2D eigenvalue weighted by atomic mass is 10.0. The summed E-state index contributed by atoms with van der Waals surface area (Å²) < 4.78 is 39.0. The van der Waals surface area contributed by atoms with E-state index in [4.69, 9.17) is 4.18 Å². The summed E-state index contributed by atoms with van der Waals surface area (Å²) in [7, 11) is -4.09. The van der Waals surface area contributed by atoms with E-state index in [2.05, 4.69) is 5.32 Å². The molecule has 1 heterocycles. The fraction of sp³-hybridized carbons (Fsp3) is 0.400. The van der Waals surface area contributed by atoms with Gasteiger partial charge >= 0.3 is 0 Å². The summed E-state index contributed by atoms with van der Waals surface area (Å²) in [5, 5.41) is 2.90. The number of halogens is 1. The van der Waals surface area contributed by atoms with Gasteiger partial charge in [0.2, 0.25) is 6.01 Å². The Morgan fingerprint density at radius 1 is 1.44 bits per heavy atom. The first-order chi connectivity index (χ1) is 7.62. The molecule has 1 unspecified atom stereocenters. The normalized spacial score (nSPS) is 20.4. The molecule has 1 aliphatic heterocycles. The maximum Gasteiger partial charge on any atom is 0.298 e. The van der Waals surface area contributed by atoms with Crippen LogP contribution in [0, 0.1) is 0 Å². The third-order valence-electron chi connectivity index (χ3n) is 2.44. The van der Waals surface area contributed by atoms with Gasteiger partial charge in [-0.15, -0.1) is 0 Å². The van der Waals surface area contributed by atoms with Crippen molar-refractivity contribution in [3.63, 3.8) is 0 Å². The van der Waals surface area contributed by atoms with E-state index in [9.17, 15) is 12.8 Å². The van der Waals surface area contributed by atoms with E-state index in [0.717, 1.165) is 17.5 Å². The molecule has 88 valence electrons. The summed E-state index contributed by atoms with van der Waals surface area (Å²) in [5.41, 5.74) is 1.78. The molecule has 6 heteroatoms. The number of rotatable bonds is 3. The standard InChI is InChI=1S/C10H12FNO3S/c11-7-16(13,14)15-10-9-4-2-1-3-8(9)5-6-12-10/h1-4,10,12H,5-7H2. The molecule has 0 radical (unpaired) electrons. The van der Waals surface area contributed by atoms with Gasteiger partial charge in [0.1, 0.15) is 0 Å². The van der Waals surface area contributed by atoms with Crippen molar-refractivity contribution in [3.05, 3.63) is 35.4 Å². The predicted molar refractivity (Wildman–Crippen MR) is 56.9 cm³/mol. The Labute approximate surface area is 93.5 Å². The number of nitrogens with one attached hydrogen (secondary N) is 1. The predicted octanol–water partition coefficient (Wildman–Crippen LogP) is 1.10. The Morgan fingerprint density at radius 3 is 2.94 bits per heavy atom. The molecule has 2 rings (SSSR count). The van der Waals surface area contributed by atoms with Crippen LogP contribution in [0.1, 0.15) is 17.4 Å². The van der Waals surface area contributed by atoms with Gasteiger partial charge in [0.25, 0.3) is 10.1 Å². The van der Waals surface area contributed by atoms with Crippen LogP contribution in [-0.4, -0.2) is 21.0 Å². The zero-order chi connectivity index (χ0) is 11.6. The third kappa shape index (κ3) is 2.40. The lowest BCUT2D eigenvalue weighted by Crippen LogP contribution is -2.33. The van der Waals surface area contributed by atoms with Gasteiger partial charge in [-0.1, -0.05) is 24.3 Å². The smallest absolute Gasteiger partial charge is 0.287 e. The molecule has 1 atom stereocenters. The first-order valence-electron chi connectivity index (χ1n) is 4.90. The summed E-state index contributed by atoms with van der Waals surface area (Å²) in [6.07, 6.45) is 0.0387. The largest absolute Gasteiger partial charge is 0.298 e. The van der Waals surface area contributed by atoms with Crippen LogP contribution in [0.5, 0.6) is 0 Å². The molecule has 4 nitrogen and oxygen atoms in total. The molecule has 0 aromatic heterocycles. The fourth-order valence-corrected chi connectivity index (χ4v) is 2.24. The highest BCUT2D eigenvalue weighted by molar-refractivity contribution is 7.86. The second-order valence-corrected chi connectivity index (χ2v) is 5.07. The van der Waals surface area contributed by atoms with E-state index in [1.165, 1.54) is 0 Å². The summed E-state index contributed by atoms with van der Waals surface area (Å²) in [6.45, 7) is 0.615. The summed E-state index contributed by atoms with van der Waals surface area (Å²) >= 11 is 0. The molecule has 1 aromatic carbocycles. The maximum atomic E-state index is 12.2. The second kappa shape index (κ2) is 4.48. The minimum absolute atomic E-state index is 0.615. The quantitative estimate of drug-likeness (QED) is 0.810. The van der Waals surface area contributed by atoms with Gasteiger partial charge in [-0.3, -0.25) is 5.32 Å². The van der Waals surface area contributed by atoms with Crippen molar-refractivity contribution in [1.29, 1.82) is 0 Å². The van der Waals surface area contributed by atoms with Gasteiger partial charge < -0.3 is 0 Å². The van der Waals surface area contributed by atoms with E-state index in [1.807, 2.05) is 12.1 Å². The summed E-state index contributed by atoms with van der Waals surface area (Å²) in [5.74, 6) is 0. The fourth-order valence-electron chi connectivity index (χ4n) is 1.72. The molecular weight excluding hydrogens is 233 g/mol. The first kappa shape index (κ1) is 11.5. The van der Waals surface area contributed by atoms with Crippen LogP contribution >= 0.6 is 0 Å². The molecule has 1 aromatic rings. The lowest BCUT2D eigenvalue weighted by molar-refractivity contribution is 0.163. The third-order valence-corrected chi connectivity index (χ3v) is 3.19. The summed E-state index contributed by atoms with van der Waals surface area (Å²) in [4.78, 5) is 0. The minimum Gasteiger partial charge on any atom is -0.287 e. The van der Waals surface area contributed by atoms with E-state index in [1.54, 1.807) is 12.1 Å². The van der Waals surface area contributed by atoms with Crippen LogP contribution in [0.25, 0.3) is 0 Å². The van der Waals surface area contributed by atoms with Crippen molar-refractivity contribution < 1.29 is 17.0 Å². The highest BCUT2D eigenvalue weighted by Gasteiger charge is 2.25. The second-order valence-electron chi connectivity index (χ2n) is 3.55. The van der Waals surface area contributed by atoms with Crippen LogP contribution in [0.4, 0.5) is 4.39 Å². The average Bonchev–Trinajstić information content (AvgIpc) is 2.29.